The first-order chi connectivity index (χ1) is 14.7. The summed E-state index contributed by atoms with van der Waals surface area (Å²) in [6.07, 6.45) is -0.409. The van der Waals surface area contributed by atoms with E-state index in [2.05, 4.69) is 0 Å². The minimum Gasteiger partial charge on any atom is -0.507 e. The summed E-state index contributed by atoms with van der Waals surface area (Å²) in [4.78, 5) is 20.2. The van der Waals surface area contributed by atoms with E-state index in [1.165, 1.54) is 0 Å². The van der Waals surface area contributed by atoms with Gasteiger partial charge in [0.1, 0.15) is 5.75 Å². The summed E-state index contributed by atoms with van der Waals surface area (Å²) in [6.45, 7) is 12.1. The number of aromatic hydroxyl groups is 1. The zero-order chi connectivity index (χ0) is 23.9. The third-order valence-electron chi connectivity index (χ3n) is 5.57. The standard InChI is InChI=1S/C27H33O4P/c1-26(2,3)23-21(18-13-9-7-10-14-18)20(17-32(29,30)31)22(19-15-11-8-12-16-19)24(25(23)28)27(4,5)6/h7-16,28H,17H2,1-6H3,(H2,29,30,31). The molecule has 3 aromatic rings. The van der Waals surface area contributed by atoms with Crippen molar-refractivity contribution in [2.45, 2.75) is 58.5 Å². The monoisotopic (exact) mass is 452 g/mol. The molecule has 4 nitrogen and oxygen atoms in total. The number of hydrogen-bond donors (Lipinski definition) is 3. The first-order valence-electron chi connectivity index (χ1n) is 10.8. The summed E-state index contributed by atoms with van der Waals surface area (Å²) >= 11 is 0. The lowest BCUT2D eigenvalue weighted by Gasteiger charge is -2.35. The Morgan fingerprint density at radius 1 is 0.688 bits per heavy atom. The Morgan fingerprint density at radius 3 is 1.31 bits per heavy atom. The van der Waals surface area contributed by atoms with Crippen LogP contribution in [-0.4, -0.2) is 14.9 Å². The third-order valence-corrected chi connectivity index (χ3v) is 6.29. The number of benzene rings is 3. The highest BCUT2D eigenvalue weighted by Gasteiger charge is 2.36. The van der Waals surface area contributed by atoms with E-state index < -0.39 is 24.6 Å². The van der Waals surface area contributed by atoms with Crippen molar-refractivity contribution >= 4 is 7.60 Å². The molecule has 0 spiro atoms. The molecule has 0 amide bonds. The van der Waals surface area contributed by atoms with Crippen LogP contribution in [0.4, 0.5) is 0 Å². The van der Waals surface area contributed by atoms with Crippen molar-refractivity contribution in [2.75, 3.05) is 0 Å². The van der Waals surface area contributed by atoms with E-state index in [-0.39, 0.29) is 5.75 Å². The van der Waals surface area contributed by atoms with Crippen molar-refractivity contribution < 1.29 is 19.5 Å². The SMILES string of the molecule is CC(C)(C)c1c(O)c(C(C)(C)C)c(-c2ccccc2)c(CP(=O)(O)O)c1-c1ccccc1. The summed E-state index contributed by atoms with van der Waals surface area (Å²) in [5.74, 6) is 0.192. The lowest BCUT2D eigenvalue weighted by atomic mass is 9.71. The highest BCUT2D eigenvalue weighted by atomic mass is 31.2. The predicted octanol–water partition coefficient (Wildman–Crippen LogP) is 7.00. The second-order valence-corrected chi connectivity index (χ2v) is 12.0. The molecule has 0 aliphatic carbocycles. The molecule has 0 saturated heterocycles. The van der Waals surface area contributed by atoms with Crippen molar-refractivity contribution in [2.24, 2.45) is 0 Å². The van der Waals surface area contributed by atoms with Crippen LogP contribution < -0.4 is 0 Å². The topological polar surface area (TPSA) is 77.8 Å². The van der Waals surface area contributed by atoms with Crippen molar-refractivity contribution in [3.05, 3.63) is 77.4 Å². The Bertz CT molecular complexity index is 1070. The quantitative estimate of drug-likeness (QED) is 0.373. The predicted molar refractivity (Wildman–Crippen MR) is 132 cm³/mol. The molecule has 0 heterocycles. The molecule has 32 heavy (non-hydrogen) atoms. The third kappa shape index (κ3) is 4.99. The van der Waals surface area contributed by atoms with Crippen molar-refractivity contribution in [1.29, 1.82) is 0 Å². The normalized spacial score (nSPS) is 12.8. The number of phenolic OH excluding ortho intramolecular Hbond substituents is 1. The molecule has 0 fully saturated rings. The molecule has 0 aromatic heterocycles. The van der Waals surface area contributed by atoms with Gasteiger partial charge in [0.25, 0.3) is 0 Å². The molecule has 0 bridgehead atoms. The Balaban J connectivity index is 2.67. The van der Waals surface area contributed by atoms with Crippen LogP contribution in [0.3, 0.4) is 0 Å². The van der Waals surface area contributed by atoms with Gasteiger partial charge < -0.3 is 14.9 Å². The highest BCUT2D eigenvalue weighted by Crippen LogP contribution is 2.55. The van der Waals surface area contributed by atoms with Crippen LogP contribution in [0.15, 0.2) is 60.7 Å². The molecule has 170 valence electrons. The van der Waals surface area contributed by atoms with E-state index in [1.54, 1.807) is 0 Å². The van der Waals surface area contributed by atoms with Gasteiger partial charge in [0.15, 0.2) is 0 Å². The zero-order valence-corrected chi connectivity index (χ0v) is 20.6. The zero-order valence-electron chi connectivity index (χ0n) is 19.7. The van der Waals surface area contributed by atoms with E-state index in [0.717, 1.165) is 11.1 Å². The van der Waals surface area contributed by atoms with E-state index >= 15 is 0 Å². The van der Waals surface area contributed by atoms with Gasteiger partial charge in [-0.2, -0.15) is 0 Å². The summed E-state index contributed by atoms with van der Waals surface area (Å²) in [5, 5.41) is 11.8. The number of rotatable bonds is 4. The molecule has 0 aliphatic heterocycles. The summed E-state index contributed by atoms with van der Waals surface area (Å²) in [5.41, 5.74) is 4.11. The van der Waals surface area contributed by atoms with Gasteiger partial charge in [0.05, 0.1) is 6.16 Å². The maximum absolute atomic E-state index is 12.4. The van der Waals surface area contributed by atoms with E-state index in [0.29, 0.717) is 27.8 Å². The van der Waals surface area contributed by atoms with Crippen LogP contribution in [0.2, 0.25) is 0 Å². The maximum atomic E-state index is 12.4. The molecule has 0 atom stereocenters. The van der Waals surface area contributed by atoms with E-state index in [9.17, 15) is 19.5 Å². The van der Waals surface area contributed by atoms with Crippen LogP contribution >= 0.6 is 7.60 Å². The van der Waals surface area contributed by atoms with Gasteiger partial charge in [-0.1, -0.05) is 102 Å². The van der Waals surface area contributed by atoms with Gasteiger partial charge in [0.2, 0.25) is 0 Å². The highest BCUT2D eigenvalue weighted by molar-refractivity contribution is 7.50. The Morgan fingerprint density at radius 2 is 1.03 bits per heavy atom. The first kappa shape index (κ1) is 24.3. The van der Waals surface area contributed by atoms with Crippen LogP contribution in [0.5, 0.6) is 5.75 Å². The molecule has 3 N–H and O–H groups in total. The number of phenols is 1. The Hall–Kier alpha value is -2.39. The molecule has 3 aromatic carbocycles. The van der Waals surface area contributed by atoms with E-state index in [4.69, 9.17) is 0 Å². The van der Waals surface area contributed by atoms with E-state index in [1.807, 2.05) is 102 Å². The van der Waals surface area contributed by atoms with Crippen LogP contribution in [-0.2, 0) is 21.6 Å². The fraction of sp³-hybridized carbons (Fsp3) is 0.333. The summed E-state index contributed by atoms with van der Waals surface area (Å²) in [6, 6.07) is 19.1. The molecule has 0 saturated carbocycles. The number of hydrogen-bond acceptors (Lipinski definition) is 2. The average molecular weight is 453 g/mol. The van der Waals surface area contributed by atoms with Gasteiger partial charge in [0, 0.05) is 11.1 Å². The maximum Gasteiger partial charge on any atom is 0.329 e. The Kier molecular flexibility index (Phi) is 6.45. The second-order valence-electron chi connectivity index (χ2n) is 10.4. The molecule has 0 aliphatic rings. The van der Waals surface area contributed by atoms with Crippen LogP contribution in [0.1, 0.15) is 58.2 Å². The summed E-state index contributed by atoms with van der Waals surface area (Å²) in [7, 11) is -4.42. The Labute approximate surface area is 191 Å². The smallest absolute Gasteiger partial charge is 0.329 e. The molecular formula is C27H33O4P. The van der Waals surface area contributed by atoms with Crippen molar-refractivity contribution in [1.82, 2.24) is 0 Å². The second kappa shape index (κ2) is 8.51. The fourth-order valence-corrected chi connectivity index (χ4v) is 5.19. The van der Waals surface area contributed by atoms with Crippen LogP contribution in [0, 0.1) is 0 Å². The lowest BCUT2D eigenvalue weighted by Crippen LogP contribution is -2.21. The molecule has 5 heteroatoms. The van der Waals surface area contributed by atoms with Gasteiger partial charge in [-0.25, -0.2) is 0 Å². The van der Waals surface area contributed by atoms with Crippen LogP contribution in [0.25, 0.3) is 22.3 Å². The van der Waals surface area contributed by atoms with Gasteiger partial charge in [-0.05, 0) is 38.6 Å². The molecule has 0 unspecified atom stereocenters. The average Bonchev–Trinajstić information content (AvgIpc) is 2.66. The minimum absolute atomic E-state index is 0.192. The minimum atomic E-state index is -4.42. The fourth-order valence-electron chi connectivity index (χ4n) is 4.46. The summed E-state index contributed by atoms with van der Waals surface area (Å²) < 4.78 is 12.4. The van der Waals surface area contributed by atoms with Crippen molar-refractivity contribution in [3.63, 3.8) is 0 Å². The van der Waals surface area contributed by atoms with Gasteiger partial charge in [-0.3, -0.25) is 4.57 Å². The van der Waals surface area contributed by atoms with Gasteiger partial charge in [-0.15, -0.1) is 0 Å². The molecule has 3 rings (SSSR count). The largest absolute Gasteiger partial charge is 0.507 e. The van der Waals surface area contributed by atoms with Crippen molar-refractivity contribution in [3.8, 4) is 28.0 Å². The molecular weight excluding hydrogens is 419 g/mol. The lowest BCUT2D eigenvalue weighted by molar-refractivity contribution is 0.371. The van der Waals surface area contributed by atoms with Gasteiger partial charge >= 0.3 is 7.60 Å². The first-order valence-corrected chi connectivity index (χ1v) is 12.6. The molecule has 0 radical (unpaired) electrons.